The molecule has 0 amide bonds. The van der Waals surface area contributed by atoms with Crippen molar-refractivity contribution in [2.45, 2.75) is 31.9 Å². The first-order valence-electron chi connectivity index (χ1n) is 7.99. The van der Waals surface area contributed by atoms with Gasteiger partial charge in [-0.1, -0.05) is 30.3 Å². The number of aryl methyl sites for hydroxylation is 1. The molecule has 0 unspecified atom stereocenters. The van der Waals surface area contributed by atoms with E-state index in [0.717, 1.165) is 31.4 Å². The lowest BCUT2D eigenvalue weighted by molar-refractivity contribution is -0.139. The highest BCUT2D eigenvalue weighted by molar-refractivity contribution is 5.88. The molecule has 6 heteroatoms. The summed E-state index contributed by atoms with van der Waals surface area (Å²) in [5, 5.41) is 8.82. The molecule has 0 aliphatic carbocycles. The van der Waals surface area contributed by atoms with Crippen molar-refractivity contribution in [1.82, 2.24) is 0 Å². The van der Waals surface area contributed by atoms with E-state index in [2.05, 4.69) is 0 Å². The third-order valence-electron chi connectivity index (χ3n) is 3.74. The zero-order chi connectivity index (χ0) is 18.3. The molecule has 0 bridgehead atoms. The minimum atomic E-state index is -4.66. The van der Waals surface area contributed by atoms with E-state index >= 15 is 0 Å². The van der Waals surface area contributed by atoms with Gasteiger partial charge in [-0.05, 0) is 49.4 Å². The Hall–Kier alpha value is -2.50. The van der Waals surface area contributed by atoms with Crippen molar-refractivity contribution in [2.75, 3.05) is 6.61 Å². The van der Waals surface area contributed by atoms with Gasteiger partial charge < -0.3 is 9.84 Å². The fourth-order valence-corrected chi connectivity index (χ4v) is 2.45. The fourth-order valence-electron chi connectivity index (χ4n) is 2.45. The van der Waals surface area contributed by atoms with E-state index in [0.29, 0.717) is 12.5 Å². The van der Waals surface area contributed by atoms with Crippen LogP contribution in [0.4, 0.5) is 13.2 Å². The van der Waals surface area contributed by atoms with Gasteiger partial charge in [-0.3, -0.25) is 0 Å². The minimum absolute atomic E-state index is 0.157. The number of unbranched alkanes of at least 4 members (excludes halogenated alkanes) is 2. The standard InChI is InChI=1S/C19H19F3O3/c20-19(21,22)16-13-15(18(23)24)10-11-17(16)25-12-6-2-5-9-14-7-3-1-4-8-14/h1,3-4,7-8,10-11,13H,2,5-6,9,12H2,(H,23,24). The average Bonchev–Trinajstić information content (AvgIpc) is 2.58. The van der Waals surface area contributed by atoms with Gasteiger partial charge in [0.25, 0.3) is 0 Å². The lowest BCUT2D eigenvalue weighted by atomic mass is 10.1. The van der Waals surface area contributed by atoms with Crippen LogP contribution >= 0.6 is 0 Å². The largest absolute Gasteiger partial charge is 0.493 e. The van der Waals surface area contributed by atoms with Crippen molar-refractivity contribution < 1.29 is 27.8 Å². The second kappa shape index (κ2) is 8.55. The van der Waals surface area contributed by atoms with Crippen LogP contribution in [0.25, 0.3) is 0 Å². The van der Waals surface area contributed by atoms with Gasteiger partial charge in [-0.15, -0.1) is 0 Å². The lowest BCUT2D eigenvalue weighted by Crippen LogP contribution is -2.11. The van der Waals surface area contributed by atoms with Crippen LogP contribution < -0.4 is 4.74 Å². The highest BCUT2D eigenvalue weighted by Crippen LogP contribution is 2.37. The summed E-state index contributed by atoms with van der Waals surface area (Å²) in [4.78, 5) is 10.8. The number of rotatable bonds is 8. The van der Waals surface area contributed by atoms with E-state index in [4.69, 9.17) is 9.84 Å². The van der Waals surface area contributed by atoms with E-state index in [9.17, 15) is 18.0 Å². The summed E-state index contributed by atoms with van der Waals surface area (Å²) in [6, 6.07) is 12.7. The molecule has 0 aromatic heterocycles. The lowest BCUT2D eigenvalue weighted by Gasteiger charge is -2.14. The molecule has 0 heterocycles. The van der Waals surface area contributed by atoms with Gasteiger partial charge in [0.2, 0.25) is 0 Å². The fraction of sp³-hybridized carbons (Fsp3) is 0.316. The Morgan fingerprint density at radius 2 is 1.72 bits per heavy atom. The van der Waals surface area contributed by atoms with Crippen LogP contribution in [0.1, 0.15) is 40.7 Å². The van der Waals surface area contributed by atoms with Crippen LogP contribution in [0.2, 0.25) is 0 Å². The highest BCUT2D eigenvalue weighted by Gasteiger charge is 2.35. The minimum Gasteiger partial charge on any atom is -0.493 e. The second-order valence-corrected chi connectivity index (χ2v) is 5.66. The predicted octanol–water partition coefficient (Wildman–Crippen LogP) is 5.20. The molecule has 2 aromatic carbocycles. The van der Waals surface area contributed by atoms with Crippen LogP contribution in [0.3, 0.4) is 0 Å². The number of benzene rings is 2. The maximum absolute atomic E-state index is 13.0. The molecule has 2 rings (SSSR count). The monoisotopic (exact) mass is 352 g/mol. The number of ether oxygens (including phenoxy) is 1. The molecule has 0 saturated heterocycles. The van der Waals surface area contributed by atoms with Crippen LogP contribution in [-0.2, 0) is 12.6 Å². The third kappa shape index (κ3) is 5.81. The first-order chi connectivity index (χ1) is 11.9. The summed E-state index contributed by atoms with van der Waals surface area (Å²) in [5.74, 6) is -1.74. The van der Waals surface area contributed by atoms with Crippen molar-refractivity contribution >= 4 is 5.97 Å². The Morgan fingerprint density at radius 3 is 2.36 bits per heavy atom. The Morgan fingerprint density at radius 1 is 1.00 bits per heavy atom. The molecule has 0 aliphatic heterocycles. The highest BCUT2D eigenvalue weighted by atomic mass is 19.4. The van der Waals surface area contributed by atoms with Crippen LogP contribution in [0, 0.1) is 0 Å². The second-order valence-electron chi connectivity index (χ2n) is 5.66. The van der Waals surface area contributed by atoms with E-state index in [1.807, 2.05) is 30.3 Å². The Balaban J connectivity index is 1.84. The third-order valence-corrected chi connectivity index (χ3v) is 3.74. The Labute approximate surface area is 144 Å². The number of carboxylic acids is 1. The molecular formula is C19H19F3O3. The van der Waals surface area contributed by atoms with Crippen LogP contribution in [-0.4, -0.2) is 17.7 Å². The van der Waals surface area contributed by atoms with E-state index in [-0.39, 0.29) is 12.4 Å². The molecule has 1 N–H and O–H groups in total. The topological polar surface area (TPSA) is 46.5 Å². The zero-order valence-corrected chi connectivity index (χ0v) is 13.6. The van der Waals surface area contributed by atoms with Gasteiger partial charge in [0.1, 0.15) is 5.75 Å². The SMILES string of the molecule is O=C(O)c1ccc(OCCCCCc2ccccc2)c(C(F)(F)F)c1. The number of carbonyl (C=O) groups is 1. The summed E-state index contributed by atoms with van der Waals surface area (Å²) in [6.07, 6.45) is -1.35. The number of hydrogen-bond acceptors (Lipinski definition) is 2. The van der Waals surface area contributed by atoms with Gasteiger partial charge in [0.15, 0.2) is 0 Å². The average molecular weight is 352 g/mol. The summed E-state index contributed by atoms with van der Waals surface area (Å²) in [5.41, 5.74) is -0.244. The Bertz CT molecular complexity index is 697. The van der Waals surface area contributed by atoms with E-state index in [1.54, 1.807) is 0 Å². The van der Waals surface area contributed by atoms with Gasteiger partial charge >= 0.3 is 12.1 Å². The van der Waals surface area contributed by atoms with Crippen molar-refractivity contribution in [2.24, 2.45) is 0 Å². The molecule has 0 spiro atoms. The van der Waals surface area contributed by atoms with Crippen molar-refractivity contribution in [3.8, 4) is 5.75 Å². The molecule has 2 aromatic rings. The molecule has 25 heavy (non-hydrogen) atoms. The molecule has 0 atom stereocenters. The van der Waals surface area contributed by atoms with E-state index in [1.165, 1.54) is 5.56 Å². The quantitative estimate of drug-likeness (QED) is 0.665. The van der Waals surface area contributed by atoms with Gasteiger partial charge in [0, 0.05) is 0 Å². The summed E-state index contributed by atoms with van der Waals surface area (Å²) >= 11 is 0. The molecule has 134 valence electrons. The van der Waals surface area contributed by atoms with Crippen molar-refractivity contribution in [1.29, 1.82) is 0 Å². The molecular weight excluding hydrogens is 333 g/mol. The summed E-state index contributed by atoms with van der Waals surface area (Å²) in [6.45, 7) is 0.157. The van der Waals surface area contributed by atoms with Gasteiger partial charge in [-0.25, -0.2) is 4.79 Å². The van der Waals surface area contributed by atoms with Crippen molar-refractivity contribution in [3.05, 3.63) is 65.2 Å². The number of alkyl halides is 3. The molecule has 0 radical (unpaired) electrons. The maximum Gasteiger partial charge on any atom is 0.419 e. The summed E-state index contributed by atoms with van der Waals surface area (Å²) < 4.78 is 44.3. The first-order valence-corrected chi connectivity index (χ1v) is 7.99. The number of carboxylic acid groups (broad SMARTS) is 1. The zero-order valence-electron chi connectivity index (χ0n) is 13.6. The molecule has 0 saturated carbocycles. The Kier molecular flexibility index (Phi) is 6.44. The molecule has 3 nitrogen and oxygen atoms in total. The van der Waals surface area contributed by atoms with Gasteiger partial charge in [0.05, 0.1) is 17.7 Å². The van der Waals surface area contributed by atoms with E-state index < -0.39 is 23.3 Å². The number of aromatic carboxylic acids is 1. The molecule has 0 fully saturated rings. The smallest absolute Gasteiger partial charge is 0.419 e. The normalized spacial score (nSPS) is 11.3. The van der Waals surface area contributed by atoms with Crippen LogP contribution in [0.5, 0.6) is 5.75 Å². The van der Waals surface area contributed by atoms with Crippen molar-refractivity contribution in [3.63, 3.8) is 0 Å². The number of hydrogen-bond donors (Lipinski definition) is 1. The molecule has 0 aliphatic rings. The summed E-state index contributed by atoms with van der Waals surface area (Å²) in [7, 11) is 0. The maximum atomic E-state index is 13.0. The number of halogens is 3. The van der Waals surface area contributed by atoms with Gasteiger partial charge in [-0.2, -0.15) is 13.2 Å². The first kappa shape index (κ1) is 18.8. The van der Waals surface area contributed by atoms with Crippen LogP contribution in [0.15, 0.2) is 48.5 Å². The predicted molar refractivity (Wildman–Crippen MR) is 87.9 cm³/mol.